The van der Waals surface area contributed by atoms with Crippen LogP contribution in [0.3, 0.4) is 0 Å². The van der Waals surface area contributed by atoms with Crippen LogP contribution in [0.1, 0.15) is 12.7 Å². The molecule has 0 aliphatic heterocycles. The molecule has 4 nitrogen and oxygen atoms in total. The number of benzene rings is 1. The molecule has 1 aromatic carbocycles. The molecule has 6 heteroatoms. The SMILES string of the molecule is CCn1c(CSCC(=O)O)nc2cc(Cl)ccc21. The first kappa shape index (κ1) is 13.2. The van der Waals surface area contributed by atoms with E-state index < -0.39 is 5.97 Å². The van der Waals surface area contributed by atoms with Gasteiger partial charge in [0.2, 0.25) is 0 Å². The van der Waals surface area contributed by atoms with E-state index in [0.717, 1.165) is 23.4 Å². The van der Waals surface area contributed by atoms with E-state index in [-0.39, 0.29) is 5.75 Å². The normalized spacial score (nSPS) is 11.0. The van der Waals surface area contributed by atoms with Crippen LogP contribution in [0.2, 0.25) is 5.02 Å². The maximum Gasteiger partial charge on any atom is 0.313 e. The Balaban J connectivity index is 2.29. The van der Waals surface area contributed by atoms with Crippen molar-refractivity contribution in [1.29, 1.82) is 0 Å². The van der Waals surface area contributed by atoms with Crippen molar-refractivity contribution in [3.05, 3.63) is 29.0 Å². The molecule has 0 amide bonds. The van der Waals surface area contributed by atoms with E-state index in [9.17, 15) is 4.79 Å². The van der Waals surface area contributed by atoms with Crippen molar-refractivity contribution in [2.45, 2.75) is 19.2 Å². The van der Waals surface area contributed by atoms with Crippen molar-refractivity contribution in [2.24, 2.45) is 0 Å². The molecule has 0 aliphatic carbocycles. The van der Waals surface area contributed by atoms with Gasteiger partial charge in [-0.2, -0.15) is 0 Å². The van der Waals surface area contributed by atoms with Gasteiger partial charge in [0.25, 0.3) is 0 Å². The summed E-state index contributed by atoms with van der Waals surface area (Å²) in [7, 11) is 0. The third kappa shape index (κ3) is 2.79. The largest absolute Gasteiger partial charge is 0.481 e. The highest BCUT2D eigenvalue weighted by Crippen LogP contribution is 2.22. The van der Waals surface area contributed by atoms with Crippen molar-refractivity contribution >= 4 is 40.4 Å². The van der Waals surface area contributed by atoms with Gasteiger partial charge in [-0.1, -0.05) is 11.6 Å². The number of hydrogen-bond donors (Lipinski definition) is 1. The Morgan fingerprint density at radius 3 is 3.00 bits per heavy atom. The van der Waals surface area contributed by atoms with E-state index in [1.54, 1.807) is 0 Å². The van der Waals surface area contributed by atoms with Crippen LogP contribution in [0.4, 0.5) is 0 Å². The molecule has 1 heterocycles. The molecule has 18 heavy (non-hydrogen) atoms. The molecule has 0 fully saturated rings. The van der Waals surface area contributed by atoms with Crippen LogP contribution in [0.25, 0.3) is 11.0 Å². The van der Waals surface area contributed by atoms with Crippen molar-refractivity contribution in [3.8, 4) is 0 Å². The van der Waals surface area contributed by atoms with E-state index in [4.69, 9.17) is 16.7 Å². The van der Waals surface area contributed by atoms with Crippen LogP contribution in [-0.4, -0.2) is 26.4 Å². The van der Waals surface area contributed by atoms with Gasteiger partial charge >= 0.3 is 5.97 Å². The van der Waals surface area contributed by atoms with Gasteiger partial charge < -0.3 is 9.67 Å². The van der Waals surface area contributed by atoms with E-state index >= 15 is 0 Å². The zero-order chi connectivity index (χ0) is 13.1. The molecule has 0 bridgehead atoms. The minimum Gasteiger partial charge on any atom is -0.481 e. The highest BCUT2D eigenvalue weighted by Gasteiger charge is 2.10. The van der Waals surface area contributed by atoms with Crippen molar-refractivity contribution in [3.63, 3.8) is 0 Å². The second-order valence-electron chi connectivity index (χ2n) is 3.79. The quantitative estimate of drug-likeness (QED) is 0.917. The van der Waals surface area contributed by atoms with Crippen LogP contribution in [0.5, 0.6) is 0 Å². The molecule has 0 atom stereocenters. The van der Waals surface area contributed by atoms with Crippen LogP contribution in [-0.2, 0) is 17.1 Å². The highest BCUT2D eigenvalue weighted by atomic mass is 35.5. The summed E-state index contributed by atoms with van der Waals surface area (Å²) in [6.45, 7) is 2.85. The predicted octanol–water partition coefficient (Wildman–Crippen LogP) is 3.03. The zero-order valence-electron chi connectivity index (χ0n) is 9.89. The van der Waals surface area contributed by atoms with Gasteiger partial charge in [-0.25, -0.2) is 4.98 Å². The number of imidazole rings is 1. The molecule has 0 saturated heterocycles. The zero-order valence-corrected chi connectivity index (χ0v) is 11.5. The summed E-state index contributed by atoms with van der Waals surface area (Å²) >= 11 is 7.28. The molecule has 1 aromatic heterocycles. The number of thioether (sulfide) groups is 1. The lowest BCUT2D eigenvalue weighted by molar-refractivity contribution is -0.133. The van der Waals surface area contributed by atoms with Crippen LogP contribution in [0.15, 0.2) is 18.2 Å². The Morgan fingerprint density at radius 1 is 1.56 bits per heavy atom. The second kappa shape index (κ2) is 5.63. The molecule has 0 aliphatic rings. The predicted molar refractivity (Wildman–Crippen MR) is 74.2 cm³/mol. The Kier molecular flexibility index (Phi) is 4.14. The number of carboxylic acids is 1. The van der Waals surface area contributed by atoms with Gasteiger partial charge in [0, 0.05) is 11.6 Å². The van der Waals surface area contributed by atoms with Gasteiger partial charge in [-0.15, -0.1) is 11.8 Å². The Bertz CT molecular complexity index is 583. The summed E-state index contributed by atoms with van der Waals surface area (Å²) < 4.78 is 2.08. The second-order valence-corrected chi connectivity index (χ2v) is 5.21. The Morgan fingerprint density at radius 2 is 2.33 bits per heavy atom. The van der Waals surface area contributed by atoms with E-state index in [0.29, 0.717) is 10.8 Å². The van der Waals surface area contributed by atoms with Crippen LogP contribution >= 0.6 is 23.4 Å². The molecule has 0 unspecified atom stereocenters. The maximum absolute atomic E-state index is 10.5. The van der Waals surface area contributed by atoms with Gasteiger partial charge in [0.15, 0.2) is 0 Å². The lowest BCUT2D eigenvalue weighted by Crippen LogP contribution is -2.03. The Labute approximate surface area is 114 Å². The fourth-order valence-electron chi connectivity index (χ4n) is 1.85. The van der Waals surface area contributed by atoms with Crippen molar-refractivity contribution in [1.82, 2.24) is 9.55 Å². The first-order chi connectivity index (χ1) is 8.61. The lowest BCUT2D eigenvalue weighted by Gasteiger charge is -2.04. The Hall–Kier alpha value is -1.20. The topological polar surface area (TPSA) is 55.1 Å². The van der Waals surface area contributed by atoms with Gasteiger partial charge in [0.05, 0.1) is 22.5 Å². The third-order valence-electron chi connectivity index (χ3n) is 2.56. The number of aliphatic carboxylic acids is 1. The standard InChI is InChI=1S/C12H13ClN2O2S/c1-2-15-10-4-3-8(13)5-9(10)14-11(15)6-18-7-12(16)17/h3-5H,2,6-7H2,1H3,(H,16,17). The number of fused-ring (bicyclic) bond motifs is 1. The maximum atomic E-state index is 10.5. The molecule has 0 radical (unpaired) electrons. The molecule has 2 rings (SSSR count). The summed E-state index contributed by atoms with van der Waals surface area (Å²) in [6.07, 6.45) is 0. The van der Waals surface area contributed by atoms with Crippen molar-refractivity contribution in [2.75, 3.05) is 5.75 Å². The van der Waals surface area contributed by atoms with Gasteiger partial charge in [-0.3, -0.25) is 4.79 Å². The average molecular weight is 285 g/mol. The van der Waals surface area contributed by atoms with Crippen molar-refractivity contribution < 1.29 is 9.90 Å². The number of hydrogen-bond acceptors (Lipinski definition) is 3. The number of carboxylic acid groups (broad SMARTS) is 1. The molecule has 96 valence electrons. The first-order valence-electron chi connectivity index (χ1n) is 5.56. The minimum absolute atomic E-state index is 0.0909. The van der Waals surface area contributed by atoms with E-state index in [1.165, 1.54) is 11.8 Å². The number of nitrogens with zero attached hydrogens (tertiary/aromatic N) is 2. The molecule has 0 saturated carbocycles. The average Bonchev–Trinajstić information content (AvgIpc) is 2.65. The number of carbonyl (C=O) groups is 1. The van der Waals surface area contributed by atoms with Crippen LogP contribution in [0, 0.1) is 0 Å². The number of aromatic nitrogens is 2. The highest BCUT2D eigenvalue weighted by molar-refractivity contribution is 7.99. The minimum atomic E-state index is -0.804. The summed E-state index contributed by atoms with van der Waals surface area (Å²) in [6, 6.07) is 5.61. The smallest absolute Gasteiger partial charge is 0.313 e. The number of aryl methyl sites for hydroxylation is 1. The summed E-state index contributed by atoms with van der Waals surface area (Å²) in [5.41, 5.74) is 1.89. The molecule has 0 spiro atoms. The number of rotatable bonds is 5. The summed E-state index contributed by atoms with van der Waals surface area (Å²) in [5.74, 6) is 0.767. The van der Waals surface area contributed by atoms with Crippen LogP contribution < -0.4 is 0 Å². The van der Waals surface area contributed by atoms with E-state index in [2.05, 4.69) is 9.55 Å². The summed E-state index contributed by atoms with van der Waals surface area (Å²) in [5, 5.41) is 9.29. The monoisotopic (exact) mass is 284 g/mol. The third-order valence-corrected chi connectivity index (χ3v) is 3.71. The molecule has 2 aromatic rings. The van der Waals surface area contributed by atoms with E-state index in [1.807, 2.05) is 25.1 Å². The lowest BCUT2D eigenvalue weighted by atomic mass is 10.3. The van der Waals surface area contributed by atoms with Gasteiger partial charge in [0.1, 0.15) is 5.82 Å². The fourth-order valence-corrected chi connectivity index (χ4v) is 2.69. The number of halogens is 1. The fraction of sp³-hybridized carbons (Fsp3) is 0.333. The molecular weight excluding hydrogens is 272 g/mol. The molecular formula is C12H13ClN2O2S. The summed E-state index contributed by atoms with van der Waals surface area (Å²) in [4.78, 5) is 15.0. The van der Waals surface area contributed by atoms with Gasteiger partial charge in [-0.05, 0) is 25.1 Å². The molecule has 1 N–H and O–H groups in total. The first-order valence-corrected chi connectivity index (χ1v) is 7.09.